The molecular weight excluding hydrogens is 370 g/mol. The van der Waals surface area contributed by atoms with Crippen molar-refractivity contribution in [2.45, 2.75) is 44.9 Å². The lowest BCUT2D eigenvalue weighted by molar-refractivity contribution is 0.0176. The van der Waals surface area contributed by atoms with Crippen LogP contribution in [-0.2, 0) is 4.74 Å². The minimum absolute atomic E-state index is 0.173. The van der Waals surface area contributed by atoms with Gasteiger partial charge in [0.05, 0.1) is 12.6 Å². The van der Waals surface area contributed by atoms with E-state index in [0.29, 0.717) is 42.4 Å². The van der Waals surface area contributed by atoms with Crippen molar-refractivity contribution >= 4 is 17.5 Å². The summed E-state index contributed by atoms with van der Waals surface area (Å²) in [6.07, 6.45) is 0.0784. The standard InChI is InChI=1S/C22H29N3O4/c1-22(2,3)29-21(26)25-13-20(28-19-6-4-5-16(24)11-19)12-17(25)14-27-18-9-7-15(23)8-10-18/h4-11,17,20H,12-14,23-24H2,1-3H3/t17-,20+/m0/s1. The molecule has 29 heavy (non-hydrogen) atoms. The molecule has 1 saturated heterocycles. The number of nitrogens with zero attached hydrogens (tertiary/aromatic N) is 1. The zero-order chi connectivity index (χ0) is 21.0. The second kappa shape index (κ2) is 8.51. The molecule has 1 aliphatic rings. The fourth-order valence-electron chi connectivity index (χ4n) is 3.20. The molecule has 1 fully saturated rings. The van der Waals surface area contributed by atoms with Crippen LogP contribution in [0, 0.1) is 0 Å². The normalized spacial score (nSPS) is 19.1. The molecule has 2 atom stereocenters. The van der Waals surface area contributed by atoms with Crippen LogP contribution in [0.15, 0.2) is 48.5 Å². The molecule has 4 N–H and O–H groups in total. The number of carbonyl (C=O) groups excluding carboxylic acids is 1. The summed E-state index contributed by atoms with van der Waals surface area (Å²) in [5.74, 6) is 1.38. The van der Waals surface area contributed by atoms with E-state index in [2.05, 4.69) is 0 Å². The van der Waals surface area contributed by atoms with Crippen LogP contribution in [0.25, 0.3) is 0 Å². The van der Waals surface area contributed by atoms with E-state index in [1.807, 2.05) is 45.0 Å². The number of amides is 1. The average Bonchev–Trinajstić information content (AvgIpc) is 3.03. The van der Waals surface area contributed by atoms with Gasteiger partial charge in [-0.15, -0.1) is 0 Å². The van der Waals surface area contributed by atoms with Crippen molar-refractivity contribution < 1.29 is 19.0 Å². The number of nitrogens with two attached hydrogens (primary N) is 2. The first-order valence-electron chi connectivity index (χ1n) is 9.70. The van der Waals surface area contributed by atoms with E-state index in [0.717, 1.165) is 0 Å². The van der Waals surface area contributed by atoms with Crippen LogP contribution >= 0.6 is 0 Å². The maximum absolute atomic E-state index is 12.7. The predicted molar refractivity (Wildman–Crippen MR) is 113 cm³/mol. The summed E-state index contributed by atoms with van der Waals surface area (Å²) in [4.78, 5) is 14.4. The zero-order valence-electron chi connectivity index (χ0n) is 17.1. The van der Waals surface area contributed by atoms with Crippen molar-refractivity contribution in [3.63, 3.8) is 0 Å². The number of ether oxygens (including phenoxy) is 3. The Kier molecular flexibility index (Phi) is 6.06. The Morgan fingerprint density at radius 2 is 1.79 bits per heavy atom. The smallest absolute Gasteiger partial charge is 0.410 e. The zero-order valence-corrected chi connectivity index (χ0v) is 17.1. The number of anilines is 2. The van der Waals surface area contributed by atoms with Gasteiger partial charge in [-0.1, -0.05) is 6.07 Å². The lowest BCUT2D eigenvalue weighted by Crippen LogP contribution is -2.42. The first kappa shape index (κ1) is 20.6. The summed E-state index contributed by atoms with van der Waals surface area (Å²) < 4.78 is 17.5. The third kappa shape index (κ3) is 5.94. The van der Waals surface area contributed by atoms with Gasteiger partial charge >= 0.3 is 6.09 Å². The minimum atomic E-state index is -0.577. The number of benzene rings is 2. The highest BCUT2D eigenvalue weighted by atomic mass is 16.6. The van der Waals surface area contributed by atoms with E-state index < -0.39 is 5.60 Å². The van der Waals surface area contributed by atoms with Crippen molar-refractivity contribution in [1.29, 1.82) is 0 Å². The first-order valence-corrected chi connectivity index (χ1v) is 9.70. The van der Waals surface area contributed by atoms with Gasteiger partial charge in [0.2, 0.25) is 0 Å². The van der Waals surface area contributed by atoms with Gasteiger partial charge in [0.15, 0.2) is 0 Å². The van der Waals surface area contributed by atoms with Gasteiger partial charge < -0.3 is 25.7 Å². The molecule has 0 saturated carbocycles. The van der Waals surface area contributed by atoms with Gasteiger partial charge in [-0.3, -0.25) is 4.90 Å². The van der Waals surface area contributed by atoms with E-state index in [1.54, 1.807) is 29.2 Å². The SMILES string of the molecule is CC(C)(C)OC(=O)N1C[C@H](Oc2cccc(N)c2)C[C@H]1COc1ccc(N)cc1. The van der Waals surface area contributed by atoms with Crippen LogP contribution in [0.3, 0.4) is 0 Å². The van der Waals surface area contributed by atoms with Crippen molar-refractivity contribution in [3.8, 4) is 11.5 Å². The van der Waals surface area contributed by atoms with Gasteiger partial charge in [-0.2, -0.15) is 0 Å². The molecule has 2 aromatic carbocycles. The summed E-state index contributed by atoms with van der Waals surface area (Å²) >= 11 is 0. The second-order valence-electron chi connectivity index (χ2n) is 8.21. The summed E-state index contributed by atoms with van der Waals surface area (Å²) in [5, 5.41) is 0. The summed E-state index contributed by atoms with van der Waals surface area (Å²) in [6.45, 7) is 6.30. The number of hydrogen-bond acceptors (Lipinski definition) is 6. The highest BCUT2D eigenvalue weighted by Crippen LogP contribution is 2.27. The molecule has 2 aromatic rings. The molecule has 1 heterocycles. The molecule has 0 aromatic heterocycles. The molecule has 0 aliphatic carbocycles. The van der Waals surface area contributed by atoms with Crippen molar-refractivity contribution in [2.24, 2.45) is 0 Å². The van der Waals surface area contributed by atoms with Crippen LogP contribution in [0.5, 0.6) is 11.5 Å². The van der Waals surface area contributed by atoms with Gasteiger partial charge in [0.1, 0.15) is 29.8 Å². The minimum Gasteiger partial charge on any atom is -0.491 e. The molecule has 7 heteroatoms. The number of carbonyl (C=O) groups is 1. The molecule has 1 aliphatic heterocycles. The third-order valence-electron chi connectivity index (χ3n) is 4.49. The Balaban J connectivity index is 1.69. The number of likely N-dealkylation sites (tertiary alicyclic amines) is 1. The highest BCUT2D eigenvalue weighted by molar-refractivity contribution is 5.69. The van der Waals surface area contributed by atoms with Crippen LogP contribution in [-0.4, -0.2) is 41.9 Å². The van der Waals surface area contributed by atoms with Crippen LogP contribution in [0.2, 0.25) is 0 Å². The van der Waals surface area contributed by atoms with E-state index in [4.69, 9.17) is 25.7 Å². The quantitative estimate of drug-likeness (QED) is 0.744. The molecule has 0 spiro atoms. The molecule has 7 nitrogen and oxygen atoms in total. The lowest BCUT2D eigenvalue weighted by Gasteiger charge is -2.28. The fraction of sp³-hybridized carbons (Fsp3) is 0.409. The largest absolute Gasteiger partial charge is 0.491 e. The summed E-state index contributed by atoms with van der Waals surface area (Å²) in [7, 11) is 0. The Morgan fingerprint density at radius 1 is 1.07 bits per heavy atom. The molecule has 0 radical (unpaired) electrons. The van der Waals surface area contributed by atoms with Crippen LogP contribution < -0.4 is 20.9 Å². The van der Waals surface area contributed by atoms with E-state index in [-0.39, 0.29) is 18.2 Å². The third-order valence-corrected chi connectivity index (χ3v) is 4.49. The number of rotatable bonds is 5. The maximum Gasteiger partial charge on any atom is 0.410 e. The van der Waals surface area contributed by atoms with E-state index in [9.17, 15) is 4.79 Å². The fourth-order valence-corrected chi connectivity index (χ4v) is 3.20. The van der Waals surface area contributed by atoms with Gasteiger partial charge in [-0.05, 0) is 57.2 Å². The van der Waals surface area contributed by atoms with Crippen LogP contribution in [0.4, 0.5) is 16.2 Å². The summed E-state index contributed by atoms with van der Waals surface area (Å²) in [5.41, 5.74) is 12.3. The Labute approximate surface area is 171 Å². The van der Waals surface area contributed by atoms with E-state index in [1.165, 1.54) is 0 Å². The molecule has 0 bridgehead atoms. The average molecular weight is 399 g/mol. The van der Waals surface area contributed by atoms with Gasteiger partial charge in [-0.25, -0.2) is 4.79 Å². The Bertz CT molecular complexity index is 833. The monoisotopic (exact) mass is 399 g/mol. The van der Waals surface area contributed by atoms with Gasteiger partial charge in [0.25, 0.3) is 0 Å². The predicted octanol–water partition coefficient (Wildman–Crippen LogP) is 3.69. The summed E-state index contributed by atoms with van der Waals surface area (Å²) in [6, 6.07) is 14.3. The Morgan fingerprint density at radius 3 is 2.45 bits per heavy atom. The molecule has 1 amide bonds. The first-order chi connectivity index (χ1) is 13.7. The van der Waals surface area contributed by atoms with Crippen LogP contribution in [0.1, 0.15) is 27.2 Å². The molecule has 156 valence electrons. The Hall–Kier alpha value is -3.09. The van der Waals surface area contributed by atoms with Crippen molar-refractivity contribution in [1.82, 2.24) is 4.90 Å². The van der Waals surface area contributed by atoms with Crippen molar-refractivity contribution in [3.05, 3.63) is 48.5 Å². The van der Waals surface area contributed by atoms with E-state index >= 15 is 0 Å². The topological polar surface area (TPSA) is 100 Å². The van der Waals surface area contributed by atoms with Gasteiger partial charge in [0, 0.05) is 23.9 Å². The molecule has 0 unspecified atom stereocenters. The molecule has 3 rings (SSSR count). The lowest BCUT2D eigenvalue weighted by atomic mass is 10.2. The second-order valence-corrected chi connectivity index (χ2v) is 8.21. The van der Waals surface area contributed by atoms with Crippen molar-refractivity contribution in [2.75, 3.05) is 24.6 Å². The number of hydrogen-bond donors (Lipinski definition) is 2. The molecular formula is C22H29N3O4. The maximum atomic E-state index is 12.7. The highest BCUT2D eigenvalue weighted by Gasteiger charge is 2.39. The number of nitrogen functional groups attached to an aromatic ring is 2.